The summed E-state index contributed by atoms with van der Waals surface area (Å²) >= 11 is 0. The van der Waals surface area contributed by atoms with Gasteiger partial charge in [0.2, 0.25) is 0 Å². The molecule has 2 aromatic carbocycles. The van der Waals surface area contributed by atoms with Gasteiger partial charge in [-0.2, -0.15) is 5.10 Å². The van der Waals surface area contributed by atoms with E-state index in [0.717, 1.165) is 12.1 Å². The quantitative estimate of drug-likeness (QED) is 0.331. The summed E-state index contributed by atoms with van der Waals surface area (Å²) in [5.41, 5.74) is 1.90. The Hall–Kier alpha value is -3.69. The highest BCUT2D eigenvalue weighted by Gasteiger charge is 2.19. The molecule has 0 saturated heterocycles. The lowest BCUT2D eigenvalue weighted by molar-refractivity contribution is -0.393. The first-order valence-electron chi connectivity index (χ1n) is 6.12. The third-order valence-corrected chi connectivity index (χ3v) is 2.79. The Morgan fingerprint density at radius 2 is 1.74 bits per heavy atom. The highest BCUT2D eigenvalue weighted by molar-refractivity contribution is 5.81. The third-order valence-electron chi connectivity index (χ3n) is 2.79. The molecule has 0 fully saturated rings. The molecule has 10 heteroatoms. The molecule has 0 radical (unpaired) electrons. The molecule has 2 aromatic rings. The largest absolute Gasteiger partial charge is 0.504 e. The molecule has 0 aliphatic heterocycles. The number of benzene rings is 2. The number of aromatic hydroxyl groups is 2. The van der Waals surface area contributed by atoms with Crippen LogP contribution in [-0.2, 0) is 0 Å². The molecule has 118 valence electrons. The average Bonchev–Trinajstić information content (AvgIpc) is 2.50. The van der Waals surface area contributed by atoms with Crippen LogP contribution in [0.3, 0.4) is 0 Å². The lowest BCUT2D eigenvalue weighted by Crippen LogP contribution is -1.98. The number of anilines is 1. The Kier molecular flexibility index (Phi) is 4.36. The predicted molar refractivity (Wildman–Crippen MR) is 80.7 cm³/mol. The number of non-ortho nitro benzene ring substituents is 1. The fraction of sp³-hybridized carbons (Fsp3) is 0. The van der Waals surface area contributed by atoms with E-state index in [-0.39, 0.29) is 17.2 Å². The van der Waals surface area contributed by atoms with Crippen LogP contribution in [0.2, 0.25) is 0 Å². The van der Waals surface area contributed by atoms with E-state index in [4.69, 9.17) is 0 Å². The summed E-state index contributed by atoms with van der Waals surface area (Å²) in [5.74, 6) is -0.628. The number of phenols is 2. The molecule has 0 heterocycles. The molecular formula is C13H10N4O6. The summed E-state index contributed by atoms with van der Waals surface area (Å²) in [4.78, 5) is 20.1. The van der Waals surface area contributed by atoms with Crippen molar-refractivity contribution in [1.82, 2.24) is 0 Å². The van der Waals surface area contributed by atoms with Gasteiger partial charge in [-0.05, 0) is 29.8 Å². The lowest BCUT2D eigenvalue weighted by Gasteiger charge is -2.02. The number of rotatable bonds is 5. The van der Waals surface area contributed by atoms with Gasteiger partial charge in [0, 0.05) is 6.07 Å². The molecule has 0 amide bonds. The average molecular weight is 318 g/mol. The minimum Gasteiger partial charge on any atom is -0.504 e. The van der Waals surface area contributed by atoms with Crippen molar-refractivity contribution >= 4 is 23.3 Å². The second kappa shape index (κ2) is 6.39. The van der Waals surface area contributed by atoms with Gasteiger partial charge < -0.3 is 10.2 Å². The van der Waals surface area contributed by atoms with Crippen molar-refractivity contribution in [2.24, 2.45) is 5.10 Å². The highest BCUT2D eigenvalue weighted by Crippen LogP contribution is 2.29. The van der Waals surface area contributed by atoms with E-state index in [0.29, 0.717) is 5.56 Å². The van der Waals surface area contributed by atoms with E-state index in [1.165, 1.54) is 30.5 Å². The lowest BCUT2D eigenvalue weighted by atomic mass is 10.2. The van der Waals surface area contributed by atoms with Crippen LogP contribution < -0.4 is 5.43 Å². The van der Waals surface area contributed by atoms with Gasteiger partial charge in [-0.25, -0.2) is 0 Å². The minimum atomic E-state index is -0.767. The van der Waals surface area contributed by atoms with Crippen LogP contribution in [0, 0.1) is 20.2 Å². The fourth-order valence-corrected chi connectivity index (χ4v) is 1.68. The first-order chi connectivity index (χ1) is 10.9. The maximum absolute atomic E-state index is 10.9. The zero-order valence-corrected chi connectivity index (χ0v) is 11.4. The van der Waals surface area contributed by atoms with Gasteiger partial charge in [-0.1, -0.05) is 0 Å². The molecule has 0 bridgehead atoms. The minimum absolute atomic E-state index is 0.0279. The molecule has 0 atom stereocenters. The van der Waals surface area contributed by atoms with Crippen LogP contribution in [-0.4, -0.2) is 26.3 Å². The van der Waals surface area contributed by atoms with Crippen molar-refractivity contribution in [2.45, 2.75) is 0 Å². The molecule has 10 nitrogen and oxygen atoms in total. The number of phenolic OH excluding ortho intramolecular Hbond substituents is 2. The molecule has 0 aliphatic carbocycles. The van der Waals surface area contributed by atoms with E-state index < -0.39 is 21.2 Å². The second-order valence-corrected chi connectivity index (χ2v) is 4.33. The van der Waals surface area contributed by atoms with E-state index in [1.807, 2.05) is 0 Å². The summed E-state index contributed by atoms with van der Waals surface area (Å²) in [6.45, 7) is 0. The zero-order valence-electron chi connectivity index (χ0n) is 11.4. The van der Waals surface area contributed by atoms with E-state index in [9.17, 15) is 30.4 Å². The summed E-state index contributed by atoms with van der Waals surface area (Å²) in [7, 11) is 0. The molecule has 0 spiro atoms. The van der Waals surface area contributed by atoms with Crippen LogP contribution in [0.4, 0.5) is 17.1 Å². The monoisotopic (exact) mass is 318 g/mol. The predicted octanol–water partition coefficient (Wildman–Crippen LogP) is 2.36. The van der Waals surface area contributed by atoms with Crippen molar-refractivity contribution in [3.8, 4) is 11.5 Å². The summed E-state index contributed by atoms with van der Waals surface area (Å²) in [6, 6.07) is 7.06. The Bertz CT molecular complexity index is 805. The highest BCUT2D eigenvalue weighted by atomic mass is 16.6. The van der Waals surface area contributed by atoms with E-state index in [2.05, 4.69) is 10.5 Å². The molecule has 0 aromatic heterocycles. The Morgan fingerprint density at radius 3 is 2.35 bits per heavy atom. The van der Waals surface area contributed by atoms with Gasteiger partial charge in [0.05, 0.1) is 22.1 Å². The first kappa shape index (κ1) is 15.7. The number of hydrogen-bond donors (Lipinski definition) is 3. The maximum atomic E-state index is 10.9. The van der Waals surface area contributed by atoms with Crippen LogP contribution in [0.5, 0.6) is 11.5 Å². The van der Waals surface area contributed by atoms with Crippen LogP contribution in [0.1, 0.15) is 5.56 Å². The van der Waals surface area contributed by atoms with Crippen molar-refractivity contribution in [1.29, 1.82) is 0 Å². The van der Waals surface area contributed by atoms with Gasteiger partial charge in [0.25, 0.3) is 5.69 Å². The standard InChI is InChI=1S/C13H10N4O6/c18-12-4-1-8(5-13(12)19)7-14-15-10-3-2-9(16(20)21)6-11(10)17(22)23/h1-7,15,18-19H/b14-7-. The van der Waals surface area contributed by atoms with Crippen LogP contribution in [0.15, 0.2) is 41.5 Å². The number of nitrogens with zero attached hydrogens (tertiary/aromatic N) is 3. The number of hydrogen-bond acceptors (Lipinski definition) is 8. The van der Waals surface area contributed by atoms with Crippen LogP contribution in [0.25, 0.3) is 0 Å². The Morgan fingerprint density at radius 1 is 1.00 bits per heavy atom. The Balaban J connectivity index is 2.22. The Labute approximate surface area is 128 Å². The van der Waals surface area contributed by atoms with E-state index in [1.54, 1.807) is 0 Å². The number of nitrogens with one attached hydrogen (secondary N) is 1. The van der Waals surface area contributed by atoms with Crippen LogP contribution >= 0.6 is 0 Å². The molecule has 2 rings (SSSR count). The topological polar surface area (TPSA) is 151 Å². The summed E-state index contributed by atoms with van der Waals surface area (Å²) < 4.78 is 0. The third kappa shape index (κ3) is 3.69. The van der Waals surface area contributed by atoms with Crippen molar-refractivity contribution in [3.05, 3.63) is 62.2 Å². The van der Waals surface area contributed by atoms with Gasteiger partial charge >= 0.3 is 5.69 Å². The normalized spacial score (nSPS) is 10.6. The van der Waals surface area contributed by atoms with Gasteiger partial charge in [0.15, 0.2) is 11.5 Å². The van der Waals surface area contributed by atoms with Gasteiger partial charge in [-0.3, -0.25) is 25.7 Å². The number of nitro groups is 2. The first-order valence-corrected chi connectivity index (χ1v) is 6.12. The zero-order chi connectivity index (χ0) is 17.0. The van der Waals surface area contributed by atoms with Crippen molar-refractivity contribution in [2.75, 3.05) is 5.43 Å². The molecule has 0 saturated carbocycles. The molecule has 0 unspecified atom stereocenters. The van der Waals surface area contributed by atoms with Gasteiger partial charge in [0.1, 0.15) is 5.69 Å². The molecule has 3 N–H and O–H groups in total. The number of hydrazone groups is 1. The fourth-order valence-electron chi connectivity index (χ4n) is 1.68. The van der Waals surface area contributed by atoms with Crippen molar-refractivity contribution in [3.63, 3.8) is 0 Å². The molecule has 0 aliphatic rings. The van der Waals surface area contributed by atoms with Crippen molar-refractivity contribution < 1.29 is 20.1 Å². The SMILES string of the molecule is O=[N+]([O-])c1ccc(N/N=C\c2ccc(O)c(O)c2)c([N+](=O)[O-])c1. The van der Waals surface area contributed by atoms with Gasteiger partial charge in [-0.15, -0.1) is 0 Å². The smallest absolute Gasteiger partial charge is 0.301 e. The summed E-state index contributed by atoms with van der Waals surface area (Å²) in [6.07, 6.45) is 1.25. The maximum Gasteiger partial charge on any atom is 0.301 e. The second-order valence-electron chi connectivity index (χ2n) is 4.33. The number of nitro benzene ring substituents is 2. The summed E-state index contributed by atoms with van der Waals surface area (Å²) in [5, 5.41) is 43.8. The van der Waals surface area contributed by atoms with E-state index >= 15 is 0 Å². The molecule has 23 heavy (non-hydrogen) atoms. The molecular weight excluding hydrogens is 308 g/mol.